The van der Waals surface area contributed by atoms with Gasteiger partial charge in [0.25, 0.3) is 0 Å². The Labute approximate surface area is 242 Å². The standard InChI is InChI=1S/C20H19N.C19H24/c1-16-10-6-8-14-19(16)21(18-12-4-3-5-13-18)20-15-9-7-11-17(20)2;1-12-7-9-14(3)18(16(12)5)11-19-15(4)10-8-13(2)17(19)6/h3-15H,1-2H3;7-10H,11H2,1-6H3. The molecule has 0 saturated carbocycles. The molecular weight excluding hydrogens is 482 g/mol. The molecule has 0 aliphatic rings. The monoisotopic (exact) mass is 525 g/mol. The van der Waals surface area contributed by atoms with Crippen molar-refractivity contribution < 1.29 is 0 Å². The molecule has 5 rings (SSSR count). The van der Waals surface area contributed by atoms with Gasteiger partial charge in [0.1, 0.15) is 0 Å². The first-order valence-corrected chi connectivity index (χ1v) is 14.3. The van der Waals surface area contributed by atoms with Gasteiger partial charge in [0.05, 0.1) is 0 Å². The van der Waals surface area contributed by atoms with Crippen LogP contribution in [0.5, 0.6) is 0 Å². The van der Waals surface area contributed by atoms with Gasteiger partial charge in [-0.25, -0.2) is 0 Å². The normalized spacial score (nSPS) is 10.6. The fraction of sp³-hybridized carbons (Fsp3) is 0.231. The average molecular weight is 526 g/mol. The number of nitrogens with zero attached hydrogens (tertiary/aromatic N) is 1. The second kappa shape index (κ2) is 12.8. The topological polar surface area (TPSA) is 3.24 Å². The van der Waals surface area contributed by atoms with Gasteiger partial charge in [0.2, 0.25) is 0 Å². The quantitative estimate of drug-likeness (QED) is 0.220. The molecule has 5 aromatic rings. The van der Waals surface area contributed by atoms with E-state index in [1.54, 1.807) is 0 Å². The van der Waals surface area contributed by atoms with E-state index in [4.69, 9.17) is 0 Å². The molecule has 0 amide bonds. The summed E-state index contributed by atoms with van der Waals surface area (Å²) in [5, 5.41) is 0. The van der Waals surface area contributed by atoms with Gasteiger partial charge in [0, 0.05) is 17.1 Å². The largest absolute Gasteiger partial charge is 0.310 e. The molecular formula is C39H43N. The summed E-state index contributed by atoms with van der Waals surface area (Å²) in [4.78, 5) is 2.32. The van der Waals surface area contributed by atoms with Crippen molar-refractivity contribution in [3.05, 3.63) is 159 Å². The first kappa shape index (κ1) is 28.9. The molecule has 0 N–H and O–H groups in total. The van der Waals surface area contributed by atoms with E-state index < -0.39 is 0 Å². The molecule has 0 aliphatic heterocycles. The van der Waals surface area contributed by atoms with Crippen LogP contribution >= 0.6 is 0 Å². The van der Waals surface area contributed by atoms with Crippen LogP contribution in [0.3, 0.4) is 0 Å². The van der Waals surface area contributed by atoms with Crippen LogP contribution in [-0.4, -0.2) is 0 Å². The number of hydrogen-bond donors (Lipinski definition) is 0. The predicted molar refractivity (Wildman–Crippen MR) is 175 cm³/mol. The molecule has 0 atom stereocenters. The third-order valence-corrected chi connectivity index (χ3v) is 8.29. The Morgan fingerprint density at radius 3 is 1.18 bits per heavy atom. The molecule has 0 saturated heterocycles. The summed E-state index contributed by atoms with van der Waals surface area (Å²) in [7, 11) is 0. The number of hydrogen-bond acceptors (Lipinski definition) is 1. The summed E-state index contributed by atoms with van der Waals surface area (Å²) in [6.45, 7) is 17.7. The van der Waals surface area contributed by atoms with E-state index in [-0.39, 0.29) is 0 Å². The number of rotatable bonds is 5. The first-order chi connectivity index (χ1) is 19.2. The van der Waals surface area contributed by atoms with E-state index >= 15 is 0 Å². The van der Waals surface area contributed by atoms with Crippen molar-refractivity contribution in [1.82, 2.24) is 0 Å². The van der Waals surface area contributed by atoms with Crippen LogP contribution in [0.15, 0.2) is 103 Å². The lowest BCUT2D eigenvalue weighted by atomic mass is 9.88. The summed E-state index contributed by atoms with van der Waals surface area (Å²) >= 11 is 0. The summed E-state index contributed by atoms with van der Waals surface area (Å²) in [6.07, 6.45) is 1.05. The van der Waals surface area contributed by atoms with Crippen molar-refractivity contribution >= 4 is 17.1 Å². The highest BCUT2D eigenvalue weighted by atomic mass is 15.1. The van der Waals surface area contributed by atoms with Crippen LogP contribution in [0.2, 0.25) is 0 Å². The summed E-state index contributed by atoms with van der Waals surface area (Å²) in [6, 6.07) is 36.5. The lowest BCUT2D eigenvalue weighted by Crippen LogP contribution is -2.12. The number of para-hydroxylation sites is 3. The Bertz CT molecular complexity index is 1490. The Morgan fingerprint density at radius 2 is 0.750 bits per heavy atom. The van der Waals surface area contributed by atoms with Gasteiger partial charge in [-0.05, 0) is 142 Å². The first-order valence-electron chi connectivity index (χ1n) is 14.3. The van der Waals surface area contributed by atoms with Crippen LogP contribution in [-0.2, 0) is 6.42 Å². The third kappa shape index (κ3) is 6.37. The van der Waals surface area contributed by atoms with Gasteiger partial charge >= 0.3 is 0 Å². The van der Waals surface area contributed by atoms with Gasteiger partial charge in [-0.1, -0.05) is 78.9 Å². The highest BCUT2D eigenvalue weighted by Crippen LogP contribution is 2.37. The zero-order valence-corrected chi connectivity index (χ0v) is 25.5. The minimum Gasteiger partial charge on any atom is -0.310 e. The van der Waals surface area contributed by atoms with Gasteiger partial charge in [-0.3, -0.25) is 0 Å². The van der Waals surface area contributed by atoms with Crippen LogP contribution in [0.1, 0.15) is 55.6 Å². The van der Waals surface area contributed by atoms with Gasteiger partial charge in [-0.15, -0.1) is 0 Å². The predicted octanol–water partition coefficient (Wildman–Crippen LogP) is 10.9. The molecule has 0 unspecified atom stereocenters. The molecule has 5 aromatic carbocycles. The van der Waals surface area contributed by atoms with Gasteiger partial charge in [0.15, 0.2) is 0 Å². The Hall–Kier alpha value is -4.10. The van der Waals surface area contributed by atoms with Gasteiger partial charge in [-0.2, -0.15) is 0 Å². The zero-order valence-electron chi connectivity index (χ0n) is 25.5. The van der Waals surface area contributed by atoms with Crippen LogP contribution in [0.25, 0.3) is 0 Å². The zero-order chi connectivity index (χ0) is 28.8. The number of anilines is 3. The second-order valence-electron chi connectivity index (χ2n) is 11.0. The summed E-state index contributed by atoms with van der Waals surface area (Å²) in [5.41, 5.74) is 17.6. The van der Waals surface area contributed by atoms with E-state index in [0.717, 1.165) is 6.42 Å². The Balaban J connectivity index is 0.000000186. The van der Waals surface area contributed by atoms with E-state index in [2.05, 4.69) is 163 Å². The lowest BCUT2D eigenvalue weighted by molar-refractivity contribution is 1.06. The van der Waals surface area contributed by atoms with E-state index in [1.807, 2.05) is 0 Å². The van der Waals surface area contributed by atoms with E-state index in [1.165, 1.54) is 72.7 Å². The third-order valence-electron chi connectivity index (χ3n) is 8.29. The number of benzene rings is 5. The van der Waals surface area contributed by atoms with Crippen molar-refractivity contribution in [3.8, 4) is 0 Å². The van der Waals surface area contributed by atoms with Crippen LogP contribution in [0, 0.1) is 55.4 Å². The fourth-order valence-electron chi connectivity index (χ4n) is 5.35. The average Bonchev–Trinajstić information content (AvgIpc) is 2.96. The maximum Gasteiger partial charge on any atom is 0.0490 e. The smallest absolute Gasteiger partial charge is 0.0490 e. The minimum atomic E-state index is 1.05. The fourth-order valence-corrected chi connectivity index (χ4v) is 5.35. The molecule has 0 aliphatic carbocycles. The molecule has 0 spiro atoms. The molecule has 1 heteroatoms. The van der Waals surface area contributed by atoms with Crippen molar-refractivity contribution in [2.24, 2.45) is 0 Å². The summed E-state index contributed by atoms with van der Waals surface area (Å²) in [5.74, 6) is 0. The van der Waals surface area contributed by atoms with Crippen molar-refractivity contribution in [2.75, 3.05) is 4.90 Å². The van der Waals surface area contributed by atoms with Crippen LogP contribution in [0.4, 0.5) is 17.1 Å². The minimum absolute atomic E-state index is 1.05. The SMILES string of the molecule is Cc1ccc(C)c(Cc2c(C)ccc(C)c2C)c1C.Cc1ccccc1N(c1ccccc1)c1ccccc1C. The van der Waals surface area contributed by atoms with Crippen LogP contribution < -0.4 is 4.90 Å². The second-order valence-corrected chi connectivity index (χ2v) is 11.0. The Kier molecular flexibility index (Phi) is 9.27. The van der Waals surface area contributed by atoms with Crippen molar-refractivity contribution in [3.63, 3.8) is 0 Å². The van der Waals surface area contributed by atoms with E-state index in [0.29, 0.717) is 0 Å². The highest BCUT2D eigenvalue weighted by Gasteiger charge is 2.15. The van der Waals surface area contributed by atoms with E-state index in [9.17, 15) is 0 Å². The lowest BCUT2D eigenvalue weighted by Gasteiger charge is -2.28. The van der Waals surface area contributed by atoms with Crippen molar-refractivity contribution in [2.45, 2.75) is 61.8 Å². The molecule has 0 fully saturated rings. The Morgan fingerprint density at radius 1 is 0.375 bits per heavy atom. The molecule has 0 bridgehead atoms. The molecule has 0 radical (unpaired) electrons. The molecule has 0 heterocycles. The highest BCUT2D eigenvalue weighted by molar-refractivity contribution is 5.79. The molecule has 40 heavy (non-hydrogen) atoms. The van der Waals surface area contributed by atoms with Crippen molar-refractivity contribution in [1.29, 1.82) is 0 Å². The maximum absolute atomic E-state index is 2.32. The maximum atomic E-state index is 2.32. The number of aryl methyl sites for hydroxylation is 6. The van der Waals surface area contributed by atoms with Gasteiger partial charge < -0.3 is 4.90 Å². The molecule has 1 nitrogen and oxygen atoms in total. The molecule has 0 aromatic heterocycles. The summed E-state index contributed by atoms with van der Waals surface area (Å²) < 4.78 is 0. The molecule has 204 valence electrons.